The highest BCUT2D eigenvalue weighted by Crippen LogP contribution is 2.29. The summed E-state index contributed by atoms with van der Waals surface area (Å²) in [6, 6.07) is 9.84. The summed E-state index contributed by atoms with van der Waals surface area (Å²) >= 11 is 17.9. The largest absolute Gasteiger partial charge is 0.398 e. The lowest BCUT2D eigenvalue weighted by Crippen LogP contribution is -2.19. The molecule has 0 aliphatic heterocycles. The molecule has 2 rings (SSSR count). The Bertz CT molecular complexity index is 717. The lowest BCUT2D eigenvalue weighted by atomic mass is 10.2. The zero-order chi connectivity index (χ0) is 15.4. The van der Waals surface area contributed by atoms with E-state index in [0.29, 0.717) is 26.9 Å². The molecule has 1 amide bonds. The van der Waals surface area contributed by atoms with Gasteiger partial charge in [-0.15, -0.1) is 0 Å². The smallest absolute Gasteiger partial charge is 0.273 e. The number of hydrazone groups is 1. The second-order valence-corrected chi connectivity index (χ2v) is 5.24. The number of para-hydroxylation sites is 1. The first-order valence-corrected chi connectivity index (χ1v) is 6.95. The maximum Gasteiger partial charge on any atom is 0.273 e. The van der Waals surface area contributed by atoms with Gasteiger partial charge in [-0.2, -0.15) is 5.10 Å². The summed E-state index contributed by atoms with van der Waals surface area (Å²) < 4.78 is 0. The molecule has 0 radical (unpaired) electrons. The van der Waals surface area contributed by atoms with E-state index in [4.69, 9.17) is 40.5 Å². The third kappa shape index (κ3) is 3.67. The van der Waals surface area contributed by atoms with Crippen LogP contribution in [0.2, 0.25) is 15.1 Å². The van der Waals surface area contributed by atoms with Crippen molar-refractivity contribution < 1.29 is 4.79 Å². The van der Waals surface area contributed by atoms with Crippen LogP contribution in [0.4, 0.5) is 5.69 Å². The van der Waals surface area contributed by atoms with Crippen LogP contribution in [0.5, 0.6) is 0 Å². The van der Waals surface area contributed by atoms with Crippen molar-refractivity contribution in [2.75, 3.05) is 5.73 Å². The topological polar surface area (TPSA) is 67.5 Å². The molecule has 0 aromatic heterocycles. The minimum Gasteiger partial charge on any atom is -0.398 e. The molecule has 0 aliphatic rings. The number of nitrogens with two attached hydrogens (primary N) is 1. The number of amides is 1. The normalized spacial score (nSPS) is 10.8. The summed E-state index contributed by atoms with van der Waals surface area (Å²) in [7, 11) is 0. The molecule has 2 aromatic rings. The quantitative estimate of drug-likeness (QED) is 0.383. The van der Waals surface area contributed by atoms with Crippen molar-refractivity contribution in [3.8, 4) is 0 Å². The fourth-order valence-corrected chi connectivity index (χ4v) is 2.21. The fourth-order valence-electron chi connectivity index (χ4n) is 1.58. The summed E-state index contributed by atoms with van der Waals surface area (Å²) in [6.07, 6.45) is 1.33. The number of carbonyl (C=O) groups excluding carboxylic acids is 1. The predicted molar refractivity (Wildman–Crippen MR) is 87.4 cm³/mol. The van der Waals surface area contributed by atoms with Gasteiger partial charge in [0.2, 0.25) is 0 Å². The Hall–Kier alpha value is -1.75. The first-order chi connectivity index (χ1) is 10.0. The van der Waals surface area contributed by atoms with Gasteiger partial charge in [-0.05, 0) is 24.3 Å². The van der Waals surface area contributed by atoms with Gasteiger partial charge in [-0.3, -0.25) is 4.79 Å². The first-order valence-electron chi connectivity index (χ1n) is 5.82. The molecule has 0 spiro atoms. The van der Waals surface area contributed by atoms with E-state index in [0.717, 1.165) is 0 Å². The number of benzene rings is 2. The number of halogens is 3. The monoisotopic (exact) mass is 341 g/mol. The molecule has 0 heterocycles. The Labute approximate surface area is 136 Å². The molecule has 0 unspecified atom stereocenters. The van der Waals surface area contributed by atoms with Crippen LogP contribution in [0.1, 0.15) is 15.9 Å². The summed E-state index contributed by atoms with van der Waals surface area (Å²) in [5, 5.41) is 4.80. The second kappa shape index (κ2) is 6.80. The summed E-state index contributed by atoms with van der Waals surface area (Å²) in [5.41, 5.74) is 9.17. The number of nitrogens with zero attached hydrogens (tertiary/aromatic N) is 1. The van der Waals surface area contributed by atoms with Gasteiger partial charge in [-0.25, -0.2) is 5.43 Å². The first kappa shape index (κ1) is 15.6. The van der Waals surface area contributed by atoms with Gasteiger partial charge in [0.1, 0.15) is 0 Å². The molecule has 2 aromatic carbocycles. The van der Waals surface area contributed by atoms with Crippen molar-refractivity contribution in [2.45, 2.75) is 0 Å². The molecular weight excluding hydrogens is 333 g/mol. The van der Waals surface area contributed by atoms with Crippen molar-refractivity contribution in [3.05, 3.63) is 62.6 Å². The van der Waals surface area contributed by atoms with Crippen molar-refractivity contribution in [1.29, 1.82) is 0 Å². The van der Waals surface area contributed by atoms with Crippen LogP contribution in [-0.2, 0) is 0 Å². The average Bonchev–Trinajstić information content (AvgIpc) is 2.47. The van der Waals surface area contributed by atoms with Crippen LogP contribution in [0.25, 0.3) is 0 Å². The lowest BCUT2D eigenvalue weighted by molar-refractivity contribution is 0.0956. The van der Waals surface area contributed by atoms with E-state index in [2.05, 4.69) is 10.5 Å². The molecule has 3 N–H and O–H groups in total. The Kier molecular flexibility index (Phi) is 5.07. The molecule has 4 nitrogen and oxygen atoms in total. The molecule has 108 valence electrons. The minimum atomic E-state index is -0.432. The van der Waals surface area contributed by atoms with Gasteiger partial charge in [-0.1, -0.05) is 46.9 Å². The van der Waals surface area contributed by atoms with E-state index in [1.807, 2.05) is 0 Å². The van der Waals surface area contributed by atoms with Crippen LogP contribution < -0.4 is 11.2 Å². The van der Waals surface area contributed by atoms with Crippen LogP contribution in [-0.4, -0.2) is 12.1 Å². The minimum absolute atomic E-state index is 0.265. The molecule has 0 saturated heterocycles. The van der Waals surface area contributed by atoms with Crippen molar-refractivity contribution in [1.82, 2.24) is 5.43 Å². The van der Waals surface area contributed by atoms with E-state index < -0.39 is 5.91 Å². The number of hydrogen-bond acceptors (Lipinski definition) is 3. The molecule has 0 fully saturated rings. The number of rotatable bonds is 3. The van der Waals surface area contributed by atoms with E-state index in [1.165, 1.54) is 6.21 Å². The molecule has 0 atom stereocenters. The van der Waals surface area contributed by atoms with Crippen LogP contribution in [0.15, 0.2) is 41.5 Å². The summed E-state index contributed by atoms with van der Waals surface area (Å²) in [5.74, 6) is -0.432. The molecule has 7 heteroatoms. The summed E-state index contributed by atoms with van der Waals surface area (Å²) in [6.45, 7) is 0. The average molecular weight is 343 g/mol. The zero-order valence-electron chi connectivity index (χ0n) is 10.6. The Morgan fingerprint density at radius 3 is 2.48 bits per heavy atom. The van der Waals surface area contributed by atoms with Crippen LogP contribution in [0.3, 0.4) is 0 Å². The molecular formula is C14H10Cl3N3O. The zero-order valence-corrected chi connectivity index (χ0v) is 12.9. The van der Waals surface area contributed by atoms with Gasteiger partial charge >= 0.3 is 0 Å². The predicted octanol–water partition coefficient (Wildman–Crippen LogP) is 3.99. The number of nitrogen functional groups attached to an aromatic ring is 1. The number of carbonyl (C=O) groups is 1. The fraction of sp³-hybridized carbons (Fsp3) is 0. The third-order valence-electron chi connectivity index (χ3n) is 2.64. The molecule has 0 aliphatic carbocycles. The highest BCUT2D eigenvalue weighted by atomic mass is 35.5. The SMILES string of the molecule is Nc1ccccc1C(=O)N/N=C/c1c(Cl)ccc(Cl)c1Cl. The van der Waals surface area contributed by atoms with E-state index in [1.54, 1.807) is 36.4 Å². The molecule has 0 saturated carbocycles. The van der Waals surface area contributed by atoms with E-state index >= 15 is 0 Å². The lowest BCUT2D eigenvalue weighted by Gasteiger charge is -2.04. The van der Waals surface area contributed by atoms with Crippen molar-refractivity contribution in [3.63, 3.8) is 0 Å². The van der Waals surface area contributed by atoms with E-state index in [9.17, 15) is 4.79 Å². The van der Waals surface area contributed by atoms with Gasteiger partial charge in [0, 0.05) is 11.3 Å². The van der Waals surface area contributed by atoms with Crippen molar-refractivity contribution in [2.24, 2.45) is 5.10 Å². The second-order valence-electron chi connectivity index (χ2n) is 4.04. The highest BCUT2D eigenvalue weighted by Gasteiger charge is 2.09. The van der Waals surface area contributed by atoms with Gasteiger partial charge < -0.3 is 5.73 Å². The highest BCUT2D eigenvalue weighted by molar-refractivity contribution is 6.45. The maximum absolute atomic E-state index is 11.9. The Morgan fingerprint density at radius 2 is 1.76 bits per heavy atom. The van der Waals surface area contributed by atoms with Crippen LogP contribution in [0, 0.1) is 0 Å². The van der Waals surface area contributed by atoms with E-state index in [-0.39, 0.29) is 5.02 Å². The number of hydrogen-bond donors (Lipinski definition) is 2. The Balaban J connectivity index is 2.15. The standard InChI is InChI=1S/C14H10Cl3N3O/c15-10-5-6-11(16)13(17)9(10)7-19-20-14(21)8-3-1-2-4-12(8)18/h1-7H,18H2,(H,20,21)/b19-7+. The van der Waals surface area contributed by atoms with Crippen LogP contribution >= 0.6 is 34.8 Å². The third-order valence-corrected chi connectivity index (χ3v) is 3.79. The summed E-state index contributed by atoms with van der Waals surface area (Å²) in [4.78, 5) is 11.9. The van der Waals surface area contributed by atoms with Gasteiger partial charge in [0.25, 0.3) is 5.91 Å². The number of anilines is 1. The molecule has 0 bridgehead atoms. The number of nitrogens with one attached hydrogen (secondary N) is 1. The maximum atomic E-state index is 11.9. The Morgan fingerprint density at radius 1 is 1.10 bits per heavy atom. The van der Waals surface area contributed by atoms with Gasteiger partial charge in [0.05, 0.1) is 26.8 Å². The molecule has 21 heavy (non-hydrogen) atoms. The van der Waals surface area contributed by atoms with Crippen molar-refractivity contribution >= 4 is 52.6 Å². The van der Waals surface area contributed by atoms with Gasteiger partial charge in [0.15, 0.2) is 0 Å².